The second kappa shape index (κ2) is 5.41. The minimum atomic E-state index is 0.0642. The first-order chi connectivity index (χ1) is 9.09. The molecule has 1 aliphatic rings. The highest BCUT2D eigenvalue weighted by Crippen LogP contribution is 2.48. The number of rotatable bonds is 4. The van der Waals surface area contributed by atoms with Crippen molar-refractivity contribution >= 4 is 0 Å². The first-order valence-corrected chi connectivity index (χ1v) is 7.02. The summed E-state index contributed by atoms with van der Waals surface area (Å²) in [6.07, 6.45) is 4.78. The highest BCUT2D eigenvalue weighted by molar-refractivity contribution is 5.56. The van der Waals surface area contributed by atoms with Gasteiger partial charge in [0.2, 0.25) is 0 Å². The van der Waals surface area contributed by atoms with Crippen LogP contribution < -0.4 is 15.2 Å². The fourth-order valence-electron chi connectivity index (χ4n) is 3.58. The van der Waals surface area contributed by atoms with Crippen molar-refractivity contribution in [1.82, 2.24) is 0 Å². The first-order valence-electron chi connectivity index (χ1n) is 7.02. The average Bonchev–Trinajstić information content (AvgIpc) is 2.90. The summed E-state index contributed by atoms with van der Waals surface area (Å²) in [7, 11) is 3.47. The highest BCUT2D eigenvalue weighted by Gasteiger charge is 2.39. The molecular formula is C16H25NO2. The second-order valence-corrected chi connectivity index (χ2v) is 5.62. The zero-order valence-corrected chi connectivity index (χ0v) is 12.5. The molecule has 2 rings (SSSR count). The van der Waals surface area contributed by atoms with E-state index in [-0.39, 0.29) is 5.41 Å². The molecule has 0 bridgehead atoms. The van der Waals surface area contributed by atoms with Crippen LogP contribution in [0.3, 0.4) is 0 Å². The third kappa shape index (κ3) is 2.20. The maximum absolute atomic E-state index is 6.14. The smallest absolute Gasteiger partial charge is 0.126 e. The SMILES string of the molecule is COc1cc(C)c(OC)c(C2(CN)CCCC2)c1C. The van der Waals surface area contributed by atoms with E-state index in [1.807, 2.05) is 0 Å². The normalized spacial score (nSPS) is 17.5. The number of hydrogen-bond acceptors (Lipinski definition) is 3. The molecular weight excluding hydrogens is 238 g/mol. The van der Waals surface area contributed by atoms with Crippen molar-refractivity contribution in [3.8, 4) is 11.5 Å². The predicted molar refractivity (Wildman–Crippen MR) is 78.2 cm³/mol. The van der Waals surface area contributed by atoms with Gasteiger partial charge in [-0.15, -0.1) is 0 Å². The van der Waals surface area contributed by atoms with Crippen LogP contribution in [0.25, 0.3) is 0 Å². The van der Waals surface area contributed by atoms with E-state index in [4.69, 9.17) is 15.2 Å². The van der Waals surface area contributed by atoms with E-state index in [9.17, 15) is 0 Å². The Morgan fingerprint density at radius 3 is 2.26 bits per heavy atom. The van der Waals surface area contributed by atoms with Crippen molar-refractivity contribution in [3.05, 3.63) is 22.8 Å². The molecule has 0 aromatic heterocycles. The van der Waals surface area contributed by atoms with Crippen molar-refractivity contribution in [1.29, 1.82) is 0 Å². The maximum Gasteiger partial charge on any atom is 0.126 e. The number of aryl methyl sites for hydroxylation is 1. The van der Waals surface area contributed by atoms with Gasteiger partial charge in [-0.05, 0) is 43.9 Å². The molecule has 1 fully saturated rings. The molecule has 0 radical (unpaired) electrons. The van der Waals surface area contributed by atoms with Crippen molar-refractivity contribution in [3.63, 3.8) is 0 Å². The predicted octanol–water partition coefficient (Wildman–Crippen LogP) is 3.09. The third-order valence-electron chi connectivity index (χ3n) is 4.58. The molecule has 1 aliphatic carbocycles. The van der Waals surface area contributed by atoms with Gasteiger partial charge >= 0.3 is 0 Å². The van der Waals surface area contributed by atoms with Crippen molar-refractivity contribution in [2.24, 2.45) is 5.73 Å². The Morgan fingerprint density at radius 1 is 1.16 bits per heavy atom. The summed E-state index contributed by atoms with van der Waals surface area (Å²) < 4.78 is 11.2. The van der Waals surface area contributed by atoms with Gasteiger partial charge in [0.05, 0.1) is 14.2 Å². The molecule has 0 atom stereocenters. The van der Waals surface area contributed by atoms with Crippen LogP contribution in [-0.4, -0.2) is 20.8 Å². The molecule has 19 heavy (non-hydrogen) atoms. The molecule has 0 amide bonds. The lowest BCUT2D eigenvalue weighted by Crippen LogP contribution is -2.33. The summed E-state index contributed by atoms with van der Waals surface area (Å²) in [6.45, 7) is 4.87. The van der Waals surface area contributed by atoms with Crippen molar-refractivity contribution in [2.45, 2.75) is 44.9 Å². The van der Waals surface area contributed by atoms with Gasteiger partial charge in [0.1, 0.15) is 11.5 Å². The van der Waals surface area contributed by atoms with Gasteiger partial charge in [0.15, 0.2) is 0 Å². The summed E-state index contributed by atoms with van der Waals surface area (Å²) in [5, 5.41) is 0. The Kier molecular flexibility index (Phi) is 4.04. The lowest BCUT2D eigenvalue weighted by atomic mass is 9.75. The molecule has 3 nitrogen and oxygen atoms in total. The Bertz CT molecular complexity index is 462. The van der Waals surface area contributed by atoms with Gasteiger partial charge in [-0.3, -0.25) is 0 Å². The highest BCUT2D eigenvalue weighted by atomic mass is 16.5. The monoisotopic (exact) mass is 263 g/mol. The van der Waals surface area contributed by atoms with Crippen LogP contribution >= 0.6 is 0 Å². The quantitative estimate of drug-likeness (QED) is 0.908. The Morgan fingerprint density at radius 2 is 1.79 bits per heavy atom. The fraction of sp³-hybridized carbons (Fsp3) is 0.625. The number of hydrogen-bond donors (Lipinski definition) is 1. The largest absolute Gasteiger partial charge is 0.496 e. The molecule has 0 heterocycles. The number of benzene rings is 1. The van der Waals surface area contributed by atoms with E-state index in [1.54, 1.807) is 14.2 Å². The molecule has 0 aliphatic heterocycles. The summed E-state index contributed by atoms with van der Waals surface area (Å²) in [5.74, 6) is 1.93. The fourth-order valence-corrected chi connectivity index (χ4v) is 3.58. The lowest BCUT2D eigenvalue weighted by Gasteiger charge is -2.32. The van der Waals surface area contributed by atoms with Crippen molar-refractivity contribution < 1.29 is 9.47 Å². The molecule has 2 N–H and O–H groups in total. The number of ether oxygens (including phenoxy) is 2. The summed E-state index contributed by atoms with van der Waals surface area (Å²) in [5.41, 5.74) is 9.78. The average molecular weight is 263 g/mol. The number of methoxy groups -OCH3 is 2. The van der Waals surface area contributed by atoms with E-state index in [0.717, 1.165) is 29.9 Å². The Balaban J connectivity index is 2.68. The van der Waals surface area contributed by atoms with E-state index in [1.165, 1.54) is 24.0 Å². The van der Waals surface area contributed by atoms with Gasteiger partial charge in [0, 0.05) is 17.5 Å². The minimum absolute atomic E-state index is 0.0642. The zero-order chi connectivity index (χ0) is 14.0. The van der Waals surface area contributed by atoms with Crippen LogP contribution in [0, 0.1) is 13.8 Å². The summed E-state index contributed by atoms with van der Waals surface area (Å²) in [6, 6.07) is 2.05. The second-order valence-electron chi connectivity index (χ2n) is 5.62. The topological polar surface area (TPSA) is 44.5 Å². The van der Waals surface area contributed by atoms with E-state index in [0.29, 0.717) is 6.54 Å². The van der Waals surface area contributed by atoms with E-state index in [2.05, 4.69) is 19.9 Å². The van der Waals surface area contributed by atoms with Crippen LogP contribution in [0.5, 0.6) is 11.5 Å². The van der Waals surface area contributed by atoms with Gasteiger partial charge in [-0.1, -0.05) is 12.8 Å². The van der Waals surface area contributed by atoms with Crippen LogP contribution in [0.4, 0.5) is 0 Å². The molecule has 3 heteroatoms. The maximum atomic E-state index is 6.14. The third-order valence-corrected chi connectivity index (χ3v) is 4.58. The molecule has 106 valence electrons. The minimum Gasteiger partial charge on any atom is -0.496 e. The molecule has 0 unspecified atom stereocenters. The van der Waals surface area contributed by atoms with E-state index < -0.39 is 0 Å². The standard InChI is InChI=1S/C16H25NO2/c1-11-9-13(18-3)12(2)14(15(11)19-4)16(10-17)7-5-6-8-16/h9H,5-8,10,17H2,1-4H3. The van der Waals surface area contributed by atoms with Crippen LogP contribution in [0.2, 0.25) is 0 Å². The first kappa shape index (κ1) is 14.2. The lowest BCUT2D eigenvalue weighted by molar-refractivity contribution is 0.364. The van der Waals surface area contributed by atoms with Crippen LogP contribution in [-0.2, 0) is 5.41 Å². The van der Waals surface area contributed by atoms with Gasteiger partial charge < -0.3 is 15.2 Å². The summed E-state index contributed by atoms with van der Waals surface area (Å²) >= 11 is 0. The van der Waals surface area contributed by atoms with E-state index >= 15 is 0 Å². The Labute approximate surface area is 116 Å². The van der Waals surface area contributed by atoms with Crippen LogP contribution in [0.15, 0.2) is 6.07 Å². The molecule has 0 spiro atoms. The molecule has 0 saturated heterocycles. The van der Waals surface area contributed by atoms with Gasteiger partial charge in [-0.2, -0.15) is 0 Å². The van der Waals surface area contributed by atoms with Gasteiger partial charge in [-0.25, -0.2) is 0 Å². The number of nitrogens with two attached hydrogens (primary N) is 1. The van der Waals surface area contributed by atoms with Gasteiger partial charge in [0.25, 0.3) is 0 Å². The molecule has 1 aromatic rings. The van der Waals surface area contributed by atoms with Crippen molar-refractivity contribution in [2.75, 3.05) is 20.8 Å². The Hall–Kier alpha value is -1.22. The molecule has 1 saturated carbocycles. The zero-order valence-electron chi connectivity index (χ0n) is 12.5. The van der Waals surface area contributed by atoms with Crippen LogP contribution in [0.1, 0.15) is 42.4 Å². The molecule has 1 aromatic carbocycles. The summed E-state index contributed by atoms with van der Waals surface area (Å²) in [4.78, 5) is 0.